The zero-order valence-corrected chi connectivity index (χ0v) is 15.0. The Kier molecular flexibility index (Phi) is 4.35. The molecule has 2 aromatic carbocycles. The summed E-state index contributed by atoms with van der Waals surface area (Å²) in [5, 5.41) is 19.6. The number of nitrogens with zero attached hydrogens (tertiary/aromatic N) is 3. The Balaban J connectivity index is 1.84. The summed E-state index contributed by atoms with van der Waals surface area (Å²) in [6.07, 6.45) is 2.18. The third-order valence-electron chi connectivity index (χ3n) is 5.14. The van der Waals surface area contributed by atoms with Crippen LogP contribution in [0.3, 0.4) is 0 Å². The minimum absolute atomic E-state index is 0.0682. The second-order valence-corrected chi connectivity index (χ2v) is 7.10. The molecule has 1 aliphatic rings. The van der Waals surface area contributed by atoms with Gasteiger partial charge in [0.2, 0.25) is 0 Å². The van der Waals surface area contributed by atoms with Crippen LogP contribution in [0, 0.1) is 16.0 Å². The largest absolute Gasteiger partial charge is 0.366 e. The molecule has 0 amide bonds. The van der Waals surface area contributed by atoms with Crippen LogP contribution in [0.2, 0.25) is 0 Å². The lowest BCUT2D eigenvalue weighted by molar-refractivity contribution is -0.384. The lowest BCUT2D eigenvalue weighted by atomic mass is 9.98. The van der Waals surface area contributed by atoms with Gasteiger partial charge in [-0.1, -0.05) is 31.2 Å². The highest BCUT2D eigenvalue weighted by Gasteiger charge is 2.25. The number of nitrogens with one attached hydrogen (secondary N) is 1. The highest BCUT2D eigenvalue weighted by molar-refractivity contribution is 5.94. The number of aromatic amines is 1. The average Bonchev–Trinajstić information content (AvgIpc) is 2.68. The van der Waals surface area contributed by atoms with Gasteiger partial charge in [-0.05, 0) is 30.9 Å². The Morgan fingerprint density at radius 2 is 2.00 bits per heavy atom. The molecule has 1 atom stereocenters. The van der Waals surface area contributed by atoms with Crippen molar-refractivity contribution >= 4 is 22.1 Å². The third kappa shape index (κ3) is 3.16. The van der Waals surface area contributed by atoms with Gasteiger partial charge < -0.3 is 4.90 Å². The molecule has 1 aliphatic heterocycles. The number of anilines is 1. The lowest BCUT2D eigenvalue weighted by Crippen LogP contribution is -2.34. The minimum atomic E-state index is -0.341. The summed E-state index contributed by atoms with van der Waals surface area (Å²) in [6, 6.07) is 12.3. The number of rotatable bonds is 3. The van der Waals surface area contributed by atoms with E-state index in [-0.39, 0.29) is 16.2 Å². The first-order valence-electron chi connectivity index (χ1n) is 9.06. The van der Waals surface area contributed by atoms with Crippen molar-refractivity contribution in [3.63, 3.8) is 0 Å². The average molecular weight is 364 g/mol. The zero-order valence-electron chi connectivity index (χ0n) is 15.0. The maximum absolute atomic E-state index is 12.0. The molecule has 1 unspecified atom stereocenters. The Morgan fingerprint density at radius 3 is 2.74 bits per heavy atom. The molecule has 27 heavy (non-hydrogen) atoms. The number of hydrogen-bond donors (Lipinski definition) is 1. The summed E-state index contributed by atoms with van der Waals surface area (Å²) in [5.74, 6) is 0.517. The molecule has 0 spiro atoms. The predicted octanol–water partition coefficient (Wildman–Crippen LogP) is 3.73. The quantitative estimate of drug-likeness (QED) is 0.565. The molecule has 4 rings (SSSR count). The van der Waals surface area contributed by atoms with Gasteiger partial charge in [-0.2, -0.15) is 5.10 Å². The Morgan fingerprint density at radius 1 is 1.22 bits per heavy atom. The highest BCUT2D eigenvalue weighted by Crippen LogP contribution is 2.36. The van der Waals surface area contributed by atoms with Gasteiger partial charge in [0, 0.05) is 30.1 Å². The molecule has 0 aliphatic carbocycles. The van der Waals surface area contributed by atoms with Crippen molar-refractivity contribution in [1.29, 1.82) is 0 Å². The zero-order chi connectivity index (χ0) is 19.0. The van der Waals surface area contributed by atoms with Crippen LogP contribution in [0.4, 0.5) is 11.4 Å². The first-order chi connectivity index (χ1) is 13.0. The molecule has 7 nitrogen and oxygen atoms in total. The van der Waals surface area contributed by atoms with Gasteiger partial charge in [0.25, 0.3) is 11.2 Å². The van der Waals surface area contributed by atoms with Gasteiger partial charge in [0.05, 0.1) is 16.0 Å². The standard InChI is InChI=1S/C20H20N4O3/c1-13-5-4-10-23(12-13)17-9-8-14(11-18(17)24(26)27)19-15-6-2-3-7-16(15)20(25)22-21-19/h2-3,6-9,11,13H,4-5,10,12H2,1H3,(H,22,25). The summed E-state index contributed by atoms with van der Waals surface area (Å²) in [4.78, 5) is 25.5. The molecule has 0 bridgehead atoms. The van der Waals surface area contributed by atoms with Gasteiger partial charge in [0.1, 0.15) is 5.69 Å². The van der Waals surface area contributed by atoms with E-state index in [4.69, 9.17) is 0 Å². The van der Waals surface area contributed by atoms with Crippen LogP contribution < -0.4 is 10.5 Å². The van der Waals surface area contributed by atoms with Crippen molar-refractivity contribution in [1.82, 2.24) is 10.2 Å². The molecular weight excluding hydrogens is 344 g/mol. The van der Waals surface area contributed by atoms with Crippen LogP contribution in [-0.2, 0) is 0 Å². The maximum Gasteiger partial charge on any atom is 0.293 e. The second-order valence-electron chi connectivity index (χ2n) is 7.10. The molecular formula is C20H20N4O3. The normalized spacial score (nSPS) is 17.2. The number of nitro groups is 1. The van der Waals surface area contributed by atoms with Crippen molar-refractivity contribution in [2.75, 3.05) is 18.0 Å². The third-order valence-corrected chi connectivity index (χ3v) is 5.14. The Hall–Kier alpha value is -3.22. The number of benzene rings is 2. The lowest BCUT2D eigenvalue weighted by Gasteiger charge is -2.32. The van der Waals surface area contributed by atoms with Crippen LogP contribution in [-0.4, -0.2) is 28.2 Å². The van der Waals surface area contributed by atoms with E-state index in [2.05, 4.69) is 22.0 Å². The van der Waals surface area contributed by atoms with Crippen molar-refractivity contribution in [2.45, 2.75) is 19.8 Å². The van der Waals surface area contributed by atoms with Gasteiger partial charge in [0.15, 0.2) is 0 Å². The van der Waals surface area contributed by atoms with E-state index in [1.165, 1.54) is 0 Å². The van der Waals surface area contributed by atoms with E-state index in [9.17, 15) is 14.9 Å². The molecule has 1 N–H and O–H groups in total. The first kappa shape index (κ1) is 17.2. The smallest absolute Gasteiger partial charge is 0.293 e. The summed E-state index contributed by atoms with van der Waals surface area (Å²) in [5.41, 5.74) is 1.58. The molecule has 2 heterocycles. The van der Waals surface area contributed by atoms with E-state index >= 15 is 0 Å². The highest BCUT2D eigenvalue weighted by atomic mass is 16.6. The number of H-pyrrole nitrogens is 1. The summed E-state index contributed by atoms with van der Waals surface area (Å²) in [6.45, 7) is 3.81. The molecule has 0 radical (unpaired) electrons. The summed E-state index contributed by atoms with van der Waals surface area (Å²) in [7, 11) is 0. The molecule has 1 fully saturated rings. The van der Waals surface area contributed by atoms with Gasteiger partial charge in [-0.25, -0.2) is 5.10 Å². The number of hydrogen-bond acceptors (Lipinski definition) is 5. The van der Waals surface area contributed by atoms with Gasteiger partial charge in [-0.15, -0.1) is 0 Å². The first-order valence-corrected chi connectivity index (χ1v) is 9.06. The molecule has 1 aromatic heterocycles. The SMILES string of the molecule is CC1CCCN(c2ccc(-c3n[nH]c(=O)c4ccccc34)cc2[N+](=O)[O-])C1. The maximum atomic E-state index is 12.0. The van der Waals surface area contributed by atoms with Crippen LogP contribution in [0.5, 0.6) is 0 Å². The van der Waals surface area contributed by atoms with Crippen molar-refractivity contribution < 1.29 is 4.92 Å². The fourth-order valence-electron chi connectivity index (χ4n) is 3.83. The van der Waals surface area contributed by atoms with Gasteiger partial charge in [-0.3, -0.25) is 14.9 Å². The fraction of sp³-hybridized carbons (Fsp3) is 0.300. The number of nitro benzene ring substituents is 1. The van der Waals surface area contributed by atoms with Crippen molar-refractivity contribution in [2.24, 2.45) is 5.92 Å². The van der Waals surface area contributed by atoms with Gasteiger partial charge >= 0.3 is 0 Å². The van der Waals surface area contributed by atoms with E-state index in [0.717, 1.165) is 25.9 Å². The minimum Gasteiger partial charge on any atom is -0.366 e. The monoisotopic (exact) mass is 364 g/mol. The summed E-state index contributed by atoms with van der Waals surface area (Å²) >= 11 is 0. The van der Waals surface area contributed by atoms with Crippen LogP contribution >= 0.6 is 0 Å². The molecule has 7 heteroatoms. The predicted molar refractivity (Wildman–Crippen MR) is 105 cm³/mol. The number of fused-ring (bicyclic) bond motifs is 1. The second kappa shape index (κ2) is 6.83. The summed E-state index contributed by atoms with van der Waals surface area (Å²) < 4.78 is 0. The Labute approximate surface area is 155 Å². The van der Waals surface area contributed by atoms with Crippen molar-refractivity contribution in [3.05, 3.63) is 62.9 Å². The van der Waals surface area contributed by atoms with E-state index in [0.29, 0.717) is 33.6 Å². The number of piperidine rings is 1. The molecule has 3 aromatic rings. The molecule has 1 saturated heterocycles. The van der Waals surface area contributed by atoms with E-state index < -0.39 is 0 Å². The van der Waals surface area contributed by atoms with Crippen LogP contribution in [0.15, 0.2) is 47.3 Å². The van der Waals surface area contributed by atoms with Crippen LogP contribution in [0.25, 0.3) is 22.0 Å². The molecule has 138 valence electrons. The van der Waals surface area contributed by atoms with E-state index in [1.807, 2.05) is 12.1 Å². The van der Waals surface area contributed by atoms with Crippen LogP contribution in [0.1, 0.15) is 19.8 Å². The topological polar surface area (TPSA) is 92.1 Å². The fourth-order valence-corrected chi connectivity index (χ4v) is 3.83. The Bertz CT molecular complexity index is 1080. The van der Waals surface area contributed by atoms with E-state index in [1.54, 1.807) is 30.3 Å². The number of aromatic nitrogens is 2. The molecule has 0 saturated carbocycles. The van der Waals surface area contributed by atoms with Crippen molar-refractivity contribution in [3.8, 4) is 11.3 Å².